The van der Waals surface area contributed by atoms with E-state index >= 15 is 0 Å². The molecule has 0 aromatic heterocycles. The predicted octanol–water partition coefficient (Wildman–Crippen LogP) is -0.358. The van der Waals surface area contributed by atoms with Crippen molar-refractivity contribution in [2.24, 2.45) is 5.92 Å². The fourth-order valence-electron chi connectivity index (χ4n) is 1.19. The summed E-state index contributed by atoms with van der Waals surface area (Å²) in [5, 5.41) is 5.82. The Labute approximate surface area is 76.7 Å². The largest absolute Gasteiger partial charge is 0.384 e. The van der Waals surface area contributed by atoms with Gasteiger partial charge in [-0.15, -0.1) is 0 Å². The fourth-order valence-corrected chi connectivity index (χ4v) is 1.42. The Balaban J connectivity index is 2.51. The molecule has 1 heterocycles. The fraction of sp³-hybridized carbons (Fsp3) is 0.714. The van der Waals surface area contributed by atoms with Gasteiger partial charge in [-0.05, 0) is 12.2 Å². The van der Waals surface area contributed by atoms with Crippen LogP contribution in [0.5, 0.6) is 0 Å². The molecule has 4 nitrogen and oxygen atoms in total. The number of amides is 1. The van der Waals surface area contributed by atoms with Crippen LogP contribution in [0.2, 0.25) is 0 Å². The third-order valence-electron chi connectivity index (χ3n) is 1.80. The quantitative estimate of drug-likeness (QED) is 0.594. The molecule has 2 atom stereocenters. The summed E-state index contributed by atoms with van der Waals surface area (Å²) >= 11 is 4.79. The van der Waals surface area contributed by atoms with Gasteiger partial charge < -0.3 is 15.4 Å². The van der Waals surface area contributed by atoms with Crippen LogP contribution in [0.15, 0.2) is 0 Å². The first-order valence-electron chi connectivity index (χ1n) is 3.75. The number of nitrogens with one attached hydrogen (secondary N) is 2. The molecule has 0 radical (unpaired) electrons. The number of carbonyl (C=O) groups excluding carboxylic acids is 1. The minimum Gasteiger partial charge on any atom is -0.384 e. The number of hydrogen-bond acceptors (Lipinski definition) is 3. The zero-order chi connectivity index (χ0) is 9.14. The molecule has 0 aliphatic carbocycles. The lowest BCUT2D eigenvalue weighted by Gasteiger charge is -2.15. The third-order valence-corrected chi connectivity index (χ3v) is 2.02. The number of methoxy groups -OCH3 is 1. The molecule has 1 saturated heterocycles. The first kappa shape index (κ1) is 9.41. The topological polar surface area (TPSA) is 50.4 Å². The third kappa shape index (κ3) is 1.92. The molecular weight excluding hydrogens is 176 g/mol. The lowest BCUT2D eigenvalue weighted by Crippen LogP contribution is -2.37. The van der Waals surface area contributed by atoms with Crippen LogP contribution in [0, 0.1) is 5.92 Å². The van der Waals surface area contributed by atoms with E-state index in [0.717, 1.165) is 0 Å². The van der Waals surface area contributed by atoms with Crippen molar-refractivity contribution in [3.05, 3.63) is 0 Å². The van der Waals surface area contributed by atoms with Crippen molar-refractivity contribution in [3.63, 3.8) is 0 Å². The zero-order valence-corrected chi connectivity index (χ0v) is 7.90. The molecule has 1 aliphatic rings. The first-order valence-corrected chi connectivity index (χ1v) is 4.16. The highest BCUT2D eigenvalue weighted by molar-refractivity contribution is 7.80. The van der Waals surface area contributed by atoms with Crippen LogP contribution in [-0.2, 0) is 9.53 Å². The van der Waals surface area contributed by atoms with E-state index < -0.39 is 0 Å². The Kier molecular flexibility index (Phi) is 2.99. The van der Waals surface area contributed by atoms with Gasteiger partial charge >= 0.3 is 0 Å². The van der Waals surface area contributed by atoms with Gasteiger partial charge in [0.15, 0.2) is 5.11 Å². The van der Waals surface area contributed by atoms with Crippen molar-refractivity contribution in [2.45, 2.75) is 13.0 Å². The van der Waals surface area contributed by atoms with Gasteiger partial charge in [-0.1, -0.05) is 6.92 Å². The highest BCUT2D eigenvalue weighted by Crippen LogP contribution is 2.07. The van der Waals surface area contributed by atoms with Gasteiger partial charge in [0, 0.05) is 13.0 Å². The van der Waals surface area contributed by atoms with Gasteiger partial charge in [0.05, 0.1) is 6.61 Å². The van der Waals surface area contributed by atoms with E-state index in [1.165, 1.54) is 0 Å². The van der Waals surface area contributed by atoms with E-state index in [9.17, 15) is 4.79 Å². The van der Waals surface area contributed by atoms with Crippen LogP contribution >= 0.6 is 12.2 Å². The Morgan fingerprint density at radius 3 is 2.83 bits per heavy atom. The highest BCUT2D eigenvalue weighted by atomic mass is 32.1. The van der Waals surface area contributed by atoms with E-state index in [1.54, 1.807) is 7.11 Å². The van der Waals surface area contributed by atoms with Crippen LogP contribution in [0.3, 0.4) is 0 Å². The van der Waals surface area contributed by atoms with E-state index in [0.29, 0.717) is 11.7 Å². The molecule has 0 spiro atoms. The van der Waals surface area contributed by atoms with Gasteiger partial charge in [0.1, 0.15) is 6.04 Å². The van der Waals surface area contributed by atoms with Gasteiger partial charge in [0.25, 0.3) is 0 Å². The Morgan fingerprint density at radius 1 is 1.75 bits per heavy atom. The summed E-state index contributed by atoms with van der Waals surface area (Å²) in [7, 11) is 1.61. The second-order valence-corrected chi connectivity index (χ2v) is 3.28. The van der Waals surface area contributed by atoms with Gasteiger partial charge in [-0.25, -0.2) is 0 Å². The molecule has 68 valence electrons. The van der Waals surface area contributed by atoms with E-state index in [-0.39, 0.29) is 17.9 Å². The predicted molar refractivity (Wildman–Crippen MR) is 48.7 cm³/mol. The molecule has 2 N–H and O–H groups in total. The Hall–Kier alpha value is -0.680. The smallest absolute Gasteiger partial charge is 0.249 e. The van der Waals surface area contributed by atoms with Crippen LogP contribution in [-0.4, -0.2) is 30.8 Å². The summed E-state index contributed by atoms with van der Waals surface area (Å²) in [6.07, 6.45) is 0. The van der Waals surface area contributed by atoms with E-state index in [1.807, 2.05) is 6.92 Å². The summed E-state index contributed by atoms with van der Waals surface area (Å²) in [5.74, 6) is 0.0694. The van der Waals surface area contributed by atoms with Crippen molar-refractivity contribution in [1.29, 1.82) is 0 Å². The first-order chi connectivity index (χ1) is 5.65. The maximum absolute atomic E-state index is 11.2. The Morgan fingerprint density at radius 2 is 2.42 bits per heavy atom. The number of rotatable bonds is 3. The summed E-state index contributed by atoms with van der Waals surface area (Å²) in [6.45, 7) is 2.49. The van der Waals surface area contributed by atoms with Gasteiger partial charge in [-0.2, -0.15) is 0 Å². The number of ether oxygens (including phenoxy) is 1. The van der Waals surface area contributed by atoms with Crippen molar-refractivity contribution >= 4 is 23.2 Å². The van der Waals surface area contributed by atoms with Crippen molar-refractivity contribution in [3.8, 4) is 0 Å². The molecule has 1 rings (SSSR count). The summed E-state index contributed by atoms with van der Waals surface area (Å²) in [5.41, 5.74) is 0. The molecular formula is C7H12N2O2S. The summed E-state index contributed by atoms with van der Waals surface area (Å²) in [6, 6.07) is -0.238. The summed E-state index contributed by atoms with van der Waals surface area (Å²) < 4.78 is 4.94. The maximum Gasteiger partial charge on any atom is 0.249 e. The molecule has 2 unspecified atom stereocenters. The van der Waals surface area contributed by atoms with Crippen LogP contribution < -0.4 is 10.6 Å². The molecule has 0 aromatic carbocycles. The molecule has 1 fully saturated rings. The molecule has 12 heavy (non-hydrogen) atoms. The lowest BCUT2D eigenvalue weighted by molar-refractivity contribution is -0.121. The molecule has 0 aromatic rings. The maximum atomic E-state index is 11.2. The average molecular weight is 188 g/mol. The second-order valence-electron chi connectivity index (χ2n) is 2.87. The van der Waals surface area contributed by atoms with Crippen LogP contribution in [0.25, 0.3) is 0 Å². The lowest BCUT2D eigenvalue weighted by atomic mass is 10.0. The average Bonchev–Trinajstić information content (AvgIpc) is 2.30. The Bertz CT molecular complexity index is 208. The standard InChI is InChI=1S/C7H12N2O2S/c1-4(3-11-2)5-6(10)9-7(12)8-5/h4-5H,3H2,1-2H3,(H2,8,9,10,12). The molecule has 1 aliphatic heterocycles. The zero-order valence-electron chi connectivity index (χ0n) is 7.09. The molecule has 0 saturated carbocycles. The monoisotopic (exact) mass is 188 g/mol. The number of thiocarbonyl (C=S) groups is 1. The number of carbonyl (C=O) groups is 1. The molecule has 1 amide bonds. The van der Waals surface area contributed by atoms with Gasteiger partial charge in [-0.3, -0.25) is 4.79 Å². The normalized spacial score (nSPS) is 25.0. The second kappa shape index (κ2) is 3.82. The minimum absolute atomic E-state index is 0.0652. The molecule has 0 bridgehead atoms. The van der Waals surface area contributed by atoms with Crippen molar-refractivity contribution in [2.75, 3.05) is 13.7 Å². The van der Waals surface area contributed by atoms with E-state index in [4.69, 9.17) is 17.0 Å². The minimum atomic E-state index is -0.238. The van der Waals surface area contributed by atoms with E-state index in [2.05, 4.69) is 10.6 Å². The summed E-state index contributed by atoms with van der Waals surface area (Å²) in [4.78, 5) is 11.2. The van der Waals surface area contributed by atoms with Crippen molar-refractivity contribution in [1.82, 2.24) is 10.6 Å². The van der Waals surface area contributed by atoms with Gasteiger partial charge in [0.2, 0.25) is 5.91 Å². The SMILES string of the molecule is COCC(C)C1NC(=S)NC1=O. The van der Waals surface area contributed by atoms with Crippen LogP contribution in [0.4, 0.5) is 0 Å². The van der Waals surface area contributed by atoms with Crippen LogP contribution in [0.1, 0.15) is 6.92 Å². The highest BCUT2D eigenvalue weighted by Gasteiger charge is 2.31. The van der Waals surface area contributed by atoms with Crippen molar-refractivity contribution < 1.29 is 9.53 Å². The number of hydrogen-bond donors (Lipinski definition) is 2. The molecule has 5 heteroatoms.